The van der Waals surface area contributed by atoms with Crippen LogP contribution in [0.25, 0.3) is 0 Å². The number of methoxy groups -OCH3 is 2. The van der Waals surface area contributed by atoms with Crippen molar-refractivity contribution in [1.82, 2.24) is 20.4 Å². The van der Waals surface area contributed by atoms with Gasteiger partial charge in [0.25, 0.3) is 0 Å². The number of anilines is 1. The highest BCUT2D eigenvalue weighted by Gasteiger charge is 2.43. The molecule has 45 heavy (non-hydrogen) atoms. The minimum absolute atomic E-state index is 0. The maximum atomic E-state index is 14.3. The Kier molecular flexibility index (Phi) is 12.8. The van der Waals surface area contributed by atoms with Crippen LogP contribution in [0.5, 0.6) is 0 Å². The average Bonchev–Trinajstić information content (AvgIpc) is 3.00. The van der Waals surface area contributed by atoms with Gasteiger partial charge in [0.05, 0.1) is 25.0 Å². The first-order chi connectivity index (χ1) is 21.1. The van der Waals surface area contributed by atoms with E-state index in [4.69, 9.17) is 9.47 Å². The number of likely N-dealkylation sites (tertiary alicyclic amines) is 1. The van der Waals surface area contributed by atoms with E-state index in [0.717, 1.165) is 55.8 Å². The van der Waals surface area contributed by atoms with Crippen molar-refractivity contribution < 1.29 is 37.4 Å². The number of amides is 5. The zero-order valence-corrected chi connectivity index (χ0v) is 26.2. The predicted octanol–water partition coefficient (Wildman–Crippen LogP) is 4.46. The van der Waals surface area contributed by atoms with Crippen LogP contribution >= 0.6 is 12.4 Å². The van der Waals surface area contributed by atoms with E-state index in [9.17, 15) is 28.0 Å². The largest absolute Gasteiger partial charge is 0.466 e. The topological polar surface area (TPSA) is 129 Å². The highest BCUT2D eigenvalue weighted by atomic mass is 35.5. The molecule has 2 aliphatic heterocycles. The number of nitrogens with zero attached hydrogens (tertiary/aromatic N) is 2. The maximum Gasteiger partial charge on any atom is 0.338 e. The number of ether oxygens (including phenoxy) is 2. The molecule has 2 aromatic rings. The lowest BCUT2D eigenvalue weighted by molar-refractivity contribution is -0.137. The van der Waals surface area contributed by atoms with Crippen molar-refractivity contribution in [2.24, 2.45) is 0 Å². The van der Waals surface area contributed by atoms with Crippen LogP contribution < -0.4 is 16.0 Å². The summed E-state index contributed by atoms with van der Waals surface area (Å²) in [6.07, 6.45) is 2.49. The van der Waals surface area contributed by atoms with Crippen LogP contribution in [0.1, 0.15) is 49.3 Å². The van der Waals surface area contributed by atoms with Gasteiger partial charge < -0.3 is 30.3 Å². The molecular weight excluding hydrogens is 612 g/mol. The van der Waals surface area contributed by atoms with Crippen molar-refractivity contribution in [1.29, 1.82) is 0 Å². The summed E-state index contributed by atoms with van der Waals surface area (Å²) in [6.45, 7) is 3.96. The molecule has 1 atom stereocenters. The molecule has 0 bridgehead atoms. The first kappa shape index (κ1) is 35.4. The molecule has 2 aliphatic rings. The molecule has 0 aliphatic carbocycles. The number of carbonyl (C=O) groups excluding carboxylic acids is 4. The molecule has 244 valence electrons. The second-order valence-electron chi connectivity index (χ2n) is 10.7. The Hall–Kier alpha value is -4.07. The molecule has 0 unspecified atom stereocenters. The average molecular weight is 650 g/mol. The lowest BCUT2D eigenvalue weighted by Crippen LogP contribution is -2.55. The Morgan fingerprint density at radius 2 is 1.76 bits per heavy atom. The van der Waals surface area contributed by atoms with Gasteiger partial charge in [-0.3, -0.25) is 4.79 Å². The maximum absolute atomic E-state index is 14.3. The number of piperidine rings is 1. The smallest absolute Gasteiger partial charge is 0.338 e. The van der Waals surface area contributed by atoms with E-state index in [1.54, 1.807) is 0 Å². The third-order valence-corrected chi connectivity index (χ3v) is 7.70. The van der Waals surface area contributed by atoms with E-state index in [1.807, 2.05) is 18.2 Å². The van der Waals surface area contributed by atoms with Gasteiger partial charge in [-0.1, -0.05) is 18.2 Å². The number of hydrogen-bond donors (Lipinski definition) is 3. The van der Waals surface area contributed by atoms with E-state index in [-0.39, 0.29) is 48.3 Å². The predicted molar refractivity (Wildman–Crippen MR) is 165 cm³/mol. The Bertz CT molecular complexity index is 1430. The molecule has 0 aromatic heterocycles. The molecule has 5 amide bonds. The molecule has 1 saturated heterocycles. The fourth-order valence-electron chi connectivity index (χ4n) is 5.63. The van der Waals surface area contributed by atoms with Gasteiger partial charge >= 0.3 is 18.0 Å². The van der Waals surface area contributed by atoms with Crippen LogP contribution in [-0.4, -0.2) is 80.7 Å². The van der Waals surface area contributed by atoms with Gasteiger partial charge in [0.1, 0.15) is 6.04 Å². The molecule has 4 rings (SSSR count). The van der Waals surface area contributed by atoms with Gasteiger partial charge in [-0.25, -0.2) is 28.1 Å². The Morgan fingerprint density at radius 1 is 1.02 bits per heavy atom. The highest BCUT2D eigenvalue weighted by Crippen LogP contribution is 2.35. The zero-order chi connectivity index (χ0) is 31.8. The summed E-state index contributed by atoms with van der Waals surface area (Å²) < 4.78 is 38.0. The van der Waals surface area contributed by atoms with Crippen molar-refractivity contribution in [3.05, 3.63) is 76.5 Å². The fourth-order valence-corrected chi connectivity index (χ4v) is 5.63. The monoisotopic (exact) mass is 649 g/mol. The van der Waals surface area contributed by atoms with Crippen LogP contribution in [-0.2, 0) is 19.1 Å². The number of rotatable bonds is 10. The normalized spacial score (nSPS) is 17.3. The quantitative estimate of drug-likeness (QED) is 0.256. The van der Waals surface area contributed by atoms with E-state index < -0.39 is 35.7 Å². The molecule has 14 heteroatoms. The van der Waals surface area contributed by atoms with Crippen molar-refractivity contribution in [2.45, 2.75) is 38.1 Å². The fraction of sp³-hybridized carbons (Fsp3) is 0.419. The third-order valence-electron chi connectivity index (χ3n) is 7.70. The summed E-state index contributed by atoms with van der Waals surface area (Å²) in [4.78, 5) is 53.8. The molecule has 0 radical (unpaired) electrons. The number of nitrogens with one attached hydrogen (secondary N) is 3. The second kappa shape index (κ2) is 16.3. The summed E-state index contributed by atoms with van der Waals surface area (Å²) in [6, 6.07) is 7.74. The van der Waals surface area contributed by atoms with E-state index in [2.05, 4.69) is 26.9 Å². The standard InChI is InChI=1S/C31H37F2N5O6.ClH/c1-19(39)35-23-7-4-6-21(16-23)20-10-14-37(15-11-20)13-5-12-34-30(41)38-28(22-8-9-24(32)25(33)17-22)27(29(40)44-3)26(18-43-2)36-31(38)42;/h4,6-9,16-17,20,28H,5,10-15,18H2,1-3H3,(H,34,41)(H,35,39)(H,36,42);1H/t28-;/m0./s1. The first-order valence-electron chi connectivity index (χ1n) is 14.4. The van der Waals surface area contributed by atoms with Crippen LogP contribution in [0.15, 0.2) is 53.7 Å². The molecule has 0 spiro atoms. The summed E-state index contributed by atoms with van der Waals surface area (Å²) in [5.41, 5.74) is 1.89. The van der Waals surface area contributed by atoms with Crippen LogP contribution in [0.2, 0.25) is 0 Å². The van der Waals surface area contributed by atoms with Crippen molar-refractivity contribution in [2.75, 3.05) is 52.3 Å². The lowest BCUT2D eigenvalue weighted by atomic mass is 9.89. The number of imide groups is 1. The lowest BCUT2D eigenvalue weighted by Gasteiger charge is -2.36. The van der Waals surface area contributed by atoms with Crippen LogP contribution in [0, 0.1) is 11.6 Å². The number of hydrogen-bond acceptors (Lipinski definition) is 7. The number of esters is 1. The van der Waals surface area contributed by atoms with Gasteiger partial charge in [0, 0.05) is 26.3 Å². The number of urea groups is 2. The Labute approximate surface area is 266 Å². The molecule has 2 aromatic carbocycles. The molecule has 0 saturated carbocycles. The Morgan fingerprint density at radius 3 is 2.40 bits per heavy atom. The minimum Gasteiger partial charge on any atom is -0.466 e. The molecule has 2 heterocycles. The molecular formula is C31H38ClF2N5O6. The summed E-state index contributed by atoms with van der Waals surface area (Å²) in [7, 11) is 2.49. The highest BCUT2D eigenvalue weighted by molar-refractivity contribution is 6.01. The van der Waals surface area contributed by atoms with Gasteiger partial charge in [-0.05, 0) is 80.2 Å². The third kappa shape index (κ3) is 8.77. The minimum atomic E-state index is -1.39. The van der Waals surface area contributed by atoms with Gasteiger partial charge in [0.2, 0.25) is 5.91 Å². The molecule has 3 N–H and O–H groups in total. The van der Waals surface area contributed by atoms with E-state index in [0.29, 0.717) is 18.9 Å². The summed E-state index contributed by atoms with van der Waals surface area (Å²) in [5, 5.41) is 8.04. The van der Waals surface area contributed by atoms with Crippen molar-refractivity contribution >= 4 is 42.0 Å². The SMILES string of the molecule is COCC1=C(C(=O)OC)[C@H](c2ccc(F)c(F)c2)N(C(=O)NCCCN2CCC(c3cccc(NC(C)=O)c3)CC2)C(=O)N1.Cl. The van der Waals surface area contributed by atoms with Crippen LogP contribution in [0.4, 0.5) is 24.1 Å². The second-order valence-corrected chi connectivity index (χ2v) is 10.7. The Balaban J connectivity index is 0.00000552. The van der Waals surface area contributed by atoms with Gasteiger partial charge in [0.15, 0.2) is 11.6 Å². The van der Waals surface area contributed by atoms with E-state index >= 15 is 0 Å². The van der Waals surface area contributed by atoms with Gasteiger partial charge in [-0.15, -0.1) is 12.4 Å². The van der Waals surface area contributed by atoms with Crippen LogP contribution in [0.3, 0.4) is 0 Å². The first-order valence-corrected chi connectivity index (χ1v) is 14.4. The zero-order valence-electron chi connectivity index (χ0n) is 25.4. The van der Waals surface area contributed by atoms with E-state index in [1.165, 1.54) is 25.7 Å². The molecule has 1 fully saturated rings. The van der Waals surface area contributed by atoms with Gasteiger partial charge in [-0.2, -0.15) is 0 Å². The van der Waals surface area contributed by atoms with Crippen molar-refractivity contribution in [3.63, 3.8) is 0 Å². The summed E-state index contributed by atoms with van der Waals surface area (Å²) in [5.74, 6) is -2.91. The van der Waals surface area contributed by atoms with Crippen molar-refractivity contribution in [3.8, 4) is 0 Å². The molecule has 11 nitrogen and oxygen atoms in total. The number of halogens is 3. The number of benzene rings is 2. The summed E-state index contributed by atoms with van der Waals surface area (Å²) >= 11 is 0. The number of carbonyl (C=O) groups is 4.